The molecule has 0 atom stereocenters. The first-order valence-corrected chi connectivity index (χ1v) is 10.00. The van der Waals surface area contributed by atoms with Crippen LogP contribution in [-0.2, 0) is 25.5 Å². The van der Waals surface area contributed by atoms with Gasteiger partial charge >= 0.3 is 11.9 Å². The highest BCUT2D eigenvalue weighted by Gasteiger charge is 2.40. The number of aromatic nitrogens is 2. The molecule has 7 nitrogen and oxygen atoms in total. The highest BCUT2D eigenvalue weighted by Crippen LogP contribution is 2.41. The van der Waals surface area contributed by atoms with Gasteiger partial charge in [0.1, 0.15) is 5.82 Å². The van der Waals surface area contributed by atoms with Crippen LogP contribution in [0.1, 0.15) is 64.9 Å². The lowest BCUT2D eigenvalue weighted by atomic mass is 9.83. The zero-order chi connectivity index (χ0) is 20.8. The number of carbonyl (C=O) groups excluding carboxylic acids is 2. The van der Waals surface area contributed by atoms with Crippen LogP contribution < -0.4 is 5.32 Å². The fraction of sp³-hybridized carbons (Fsp3) is 0.550. The van der Waals surface area contributed by atoms with Gasteiger partial charge in [-0.3, -0.25) is 0 Å². The summed E-state index contributed by atoms with van der Waals surface area (Å²) < 4.78 is 10.8. The van der Waals surface area contributed by atoms with Gasteiger partial charge in [0, 0.05) is 17.8 Å². The second-order valence-corrected chi connectivity index (χ2v) is 7.01. The van der Waals surface area contributed by atoms with Gasteiger partial charge in [-0.25, -0.2) is 14.6 Å². The van der Waals surface area contributed by atoms with E-state index >= 15 is 0 Å². The van der Waals surface area contributed by atoms with Gasteiger partial charge in [0.05, 0.1) is 36.0 Å². The van der Waals surface area contributed by atoms with Crippen molar-refractivity contribution in [1.82, 2.24) is 15.3 Å². The van der Waals surface area contributed by atoms with Crippen LogP contribution in [0.3, 0.4) is 0 Å². The van der Waals surface area contributed by atoms with Crippen LogP contribution in [-0.4, -0.2) is 35.1 Å². The van der Waals surface area contributed by atoms with Crippen LogP contribution in [0, 0.1) is 0 Å². The lowest BCUT2D eigenvalue weighted by Gasteiger charge is -2.29. The van der Waals surface area contributed by atoms with E-state index in [2.05, 4.69) is 15.3 Å². The number of esters is 2. The third kappa shape index (κ3) is 4.58. The number of carbonyl (C=O) groups is 2. The number of rotatable bonds is 8. The minimum atomic E-state index is -0.740. The summed E-state index contributed by atoms with van der Waals surface area (Å²) in [6.45, 7) is 9.91. The normalized spacial score (nSPS) is 14.9. The number of imidazole rings is 1. The average Bonchev–Trinajstić information content (AvgIpc) is 3.04. The van der Waals surface area contributed by atoms with E-state index in [1.54, 1.807) is 13.8 Å². The van der Waals surface area contributed by atoms with E-state index in [0.717, 1.165) is 0 Å². The lowest BCUT2D eigenvalue weighted by molar-refractivity contribution is -0.140. The number of ether oxygens (including phenoxy) is 2. The van der Waals surface area contributed by atoms with E-state index in [-0.39, 0.29) is 18.4 Å². The largest absolute Gasteiger partial charge is 0.462 e. The molecular weight excluding hydrogens is 382 g/mol. The van der Waals surface area contributed by atoms with Gasteiger partial charge in [-0.15, -0.1) is 0 Å². The Labute approximate surface area is 170 Å². The number of nitrogens with zero attached hydrogens (tertiary/aromatic N) is 1. The molecule has 2 heterocycles. The number of halogens is 1. The van der Waals surface area contributed by atoms with Crippen LogP contribution in [0.4, 0.5) is 0 Å². The van der Waals surface area contributed by atoms with E-state index in [1.165, 1.54) is 0 Å². The quantitative estimate of drug-likeness (QED) is 0.635. The Kier molecular flexibility index (Phi) is 7.69. The molecule has 28 heavy (non-hydrogen) atoms. The Morgan fingerprint density at radius 2 is 1.50 bits per heavy atom. The van der Waals surface area contributed by atoms with Gasteiger partial charge in [0.25, 0.3) is 0 Å². The predicted octanol–water partition coefficient (Wildman–Crippen LogP) is 3.77. The molecule has 1 aliphatic rings. The fourth-order valence-corrected chi connectivity index (χ4v) is 3.40. The zero-order valence-corrected chi connectivity index (χ0v) is 17.8. The first-order chi connectivity index (χ1) is 13.3. The Morgan fingerprint density at radius 1 is 1.00 bits per heavy atom. The Morgan fingerprint density at radius 3 is 1.89 bits per heavy atom. The summed E-state index contributed by atoms with van der Waals surface area (Å²) in [5, 5.41) is 3.34. The minimum absolute atomic E-state index is 0.228. The van der Waals surface area contributed by atoms with Gasteiger partial charge in [0.2, 0.25) is 0 Å². The molecule has 0 amide bonds. The molecule has 1 aromatic heterocycles. The zero-order valence-electron chi connectivity index (χ0n) is 17.1. The fourth-order valence-electron chi connectivity index (χ4n) is 3.14. The summed E-state index contributed by atoms with van der Waals surface area (Å²) in [6.07, 6.45) is 2.03. The van der Waals surface area contributed by atoms with Crippen LogP contribution >= 0.6 is 11.6 Å². The van der Waals surface area contributed by atoms with Gasteiger partial charge in [-0.05, 0) is 26.7 Å². The van der Waals surface area contributed by atoms with Crippen molar-refractivity contribution in [2.75, 3.05) is 13.2 Å². The number of hydrogen-bond acceptors (Lipinski definition) is 6. The smallest absolute Gasteiger partial charge is 0.336 e. The van der Waals surface area contributed by atoms with Crippen molar-refractivity contribution < 1.29 is 19.1 Å². The van der Waals surface area contributed by atoms with E-state index in [9.17, 15) is 9.59 Å². The van der Waals surface area contributed by atoms with E-state index < -0.39 is 17.9 Å². The summed E-state index contributed by atoms with van der Waals surface area (Å²) in [7, 11) is 0. The van der Waals surface area contributed by atoms with E-state index in [4.69, 9.17) is 21.1 Å². The van der Waals surface area contributed by atoms with Crippen molar-refractivity contribution in [2.45, 2.75) is 59.8 Å². The molecule has 0 saturated heterocycles. The van der Waals surface area contributed by atoms with Crippen LogP contribution in [0.15, 0.2) is 22.5 Å². The van der Waals surface area contributed by atoms with Crippen molar-refractivity contribution in [1.29, 1.82) is 0 Å². The number of H-pyrrole nitrogens is 1. The number of allylic oxidation sites excluding steroid dienone is 2. The number of nitrogens with one attached hydrogen (secondary N) is 2. The average molecular weight is 410 g/mol. The second kappa shape index (κ2) is 9.78. The summed E-state index contributed by atoms with van der Waals surface area (Å²) in [5.41, 5.74) is 2.37. The van der Waals surface area contributed by atoms with Crippen molar-refractivity contribution >= 4 is 23.5 Å². The third-order valence-electron chi connectivity index (χ3n) is 4.43. The third-order valence-corrected chi connectivity index (χ3v) is 4.72. The van der Waals surface area contributed by atoms with Gasteiger partial charge < -0.3 is 19.8 Å². The van der Waals surface area contributed by atoms with Crippen molar-refractivity contribution in [2.24, 2.45) is 0 Å². The Hall–Kier alpha value is -2.28. The highest BCUT2D eigenvalue weighted by molar-refractivity contribution is 6.30. The number of aromatic amines is 1. The monoisotopic (exact) mass is 409 g/mol. The first kappa shape index (κ1) is 22.0. The molecule has 1 aliphatic heterocycles. The Bertz CT molecular complexity index is 768. The molecule has 0 fully saturated rings. The predicted molar refractivity (Wildman–Crippen MR) is 107 cm³/mol. The molecule has 0 radical (unpaired) electrons. The maximum atomic E-state index is 12.9. The molecule has 0 saturated carbocycles. The molecule has 1 aromatic rings. The molecule has 0 unspecified atom stereocenters. The maximum Gasteiger partial charge on any atom is 0.336 e. The standard InChI is InChI=1S/C20H28ClN3O4/c1-6-9-27-19(25)14-11(4)22-12(5)15(20(26)28-10-7-2)16(14)17-18(21)24-13(8-3)23-17/h16,22H,6-10H2,1-5H3,(H,23,24). The van der Waals surface area contributed by atoms with Gasteiger partial charge in [-0.2, -0.15) is 0 Å². The summed E-state index contributed by atoms with van der Waals surface area (Å²) in [6, 6.07) is 0. The molecule has 0 spiro atoms. The maximum absolute atomic E-state index is 12.9. The number of dihydropyridines is 1. The summed E-state index contributed by atoms with van der Waals surface area (Å²) in [4.78, 5) is 33.2. The van der Waals surface area contributed by atoms with Gasteiger partial charge in [0.15, 0.2) is 5.15 Å². The SMILES string of the molecule is CCCOC(=O)C1=C(C)NC(C)=C(C(=O)OCCC)C1c1[nH]c(CC)nc1Cl. The highest BCUT2D eigenvalue weighted by atomic mass is 35.5. The molecule has 2 N–H and O–H groups in total. The number of aryl methyl sites for hydroxylation is 1. The minimum Gasteiger partial charge on any atom is -0.462 e. The molecule has 154 valence electrons. The number of hydrogen-bond donors (Lipinski definition) is 2. The Balaban J connectivity index is 2.59. The van der Waals surface area contributed by atoms with Gasteiger partial charge in [-0.1, -0.05) is 32.4 Å². The van der Waals surface area contributed by atoms with Crippen molar-refractivity contribution in [3.63, 3.8) is 0 Å². The molecule has 2 rings (SSSR count). The van der Waals surface area contributed by atoms with Crippen LogP contribution in [0.5, 0.6) is 0 Å². The first-order valence-electron chi connectivity index (χ1n) is 9.62. The molecule has 0 aromatic carbocycles. The summed E-state index contributed by atoms with van der Waals surface area (Å²) >= 11 is 6.39. The molecule has 0 bridgehead atoms. The van der Waals surface area contributed by atoms with E-state index in [0.29, 0.717) is 53.3 Å². The van der Waals surface area contributed by atoms with Crippen molar-refractivity contribution in [3.8, 4) is 0 Å². The lowest BCUT2D eigenvalue weighted by Crippen LogP contribution is -2.33. The topological polar surface area (TPSA) is 93.3 Å². The second-order valence-electron chi connectivity index (χ2n) is 6.65. The van der Waals surface area contributed by atoms with E-state index in [1.807, 2.05) is 20.8 Å². The summed E-state index contributed by atoms with van der Waals surface area (Å²) in [5.74, 6) is -1.05. The van der Waals surface area contributed by atoms with Crippen molar-refractivity contribution in [3.05, 3.63) is 39.2 Å². The van der Waals surface area contributed by atoms with Crippen LogP contribution in [0.2, 0.25) is 5.15 Å². The molecule has 8 heteroatoms. The molecular formula is C20H28ClN3O4. The molecule has 0 aliphatic carbocycles. The van der Waals surface area contributed by atoms with Crippen LogP contribution in [0.25, 0.3) is 0 Å².